The minimum atomic E-state index is -1.16. The number of carbonyl (C=O) groups excluding carboxylic acids is 2. The van der Waals surface area contributed by atoms with Crippen LogP contribution in [0, 0.1) is 0 Å². The Hall–Kier alpha value is -3.32. The maximum absolute atomic E-state index is 11.3. The van der Waals surface area contributed by atoms with Gasteiger partial charge in [-0.3, -0.25) is 9.59 Å². The number of rotatable bonds is 5. The van der Waals surface area contributed by atoms with Crippen LogP contribution in [0.5, 0.6) is 23.0 Å². The van der Waals surface area contributed by atoms with E-state index in [1.165, 1.54) is 50.3 Å². The molecule has 0 aliphatic heterocycles. The van der Waals surface area contributed by atoms with E-state index in [-0.39, 0.29) is 28.6 Å². The molecular weight excluding hydrogens is 340 g/mol. The molecule has 0 radical (unpaired) electrons. The van der Waals surface area contributed by atoms with Gasteiger partial charge in [0.2, 0.25) is 0 Å². The summed E-state index contributed by atoms with van der Waals surface area (Å²) in [5.41, 5.74) is 0.651. The van der Waals surface area contributed by atoms with Crippen LogP contribution in [0.1, 0.15) is 31.1 Å². The highest BCUT2D eigenvalue weighted by molar-refractivity contribution is 5.74. The Morgan fingerprint density at radius 3 is 2.31 bits per heavy atom. The van der Waals surface area contributed by atoms with Crippen molar-refractivity contribution in [3.05, 3.63) is 53.6 Å². The molecule has 0 aromatic heterocycles. The second-order valence-corrected chi connectivity index (χ2v) is 5.43. The van der Waals surface area contributed by atoms with Crippen molar-refractivity contribution in [2.45, 2.75) is 20.0 Å². The Balaban J connectivity index is 2.29. The minimum absolute atomic E-state index is 0.124. The van der Waals surface area contributed by atoms with E-state index in [1.54, 1.807) is 6.07 Å². The summed E-state index contributed by atoms with van der Waals surface area (Å²) in [6.07, 6.45) is 1.71. The molecule has 0 saturated carbocycles. The maximum Gasteiger partial charge on any atom is 0.308 e. The van der Waals surface area contributed by atoms with E-state index >= 15 is 0 Å². The molecule has 0 amide bonds. The number of hydrogen-bond acceptors (Lipinski definition) is 7. The number of ether oxygens (including phenoxy) is 2. The Morgan fingerprint density at radius 2 is 1.69 bits per heavy atom. The lowest BCUT2D eigenvalue weighted by atomic mass is 10.1. The van der Waals surface area contributed by atoms with E-state index < -0.39 is 18.0 Å². The number of hydrogen-bond donors (Lipinski definition) is 3. The van der Waals surface area contributed by atoms with Crippen molar-refractivity contribution in [2.24, 2.45) is 0 Å². The molecular formula is C19H18O7. The third kappa shape index (κ3) is 5.09. The molecule has 0 bridgehead atoms. The monoisotopic (exact) mass is 358 g/mol. The molecule has 2 aromatic carbocycles. The zero-order valence-corrected chi connectivity index (χ0v) is 14.2. The summed E-state index contributed by atoms with van der Waals surface area (Å²) in [6, 6.07) is 8.28. The van der Waals surface area contributed by atoms with Crippen LogP contribution in [0.3, 0.4) is 0 Å². The van der Waals surface area contributed by atoms with Crippen molar-refractivity contribution in [1.82, 2.24) is 0 Å². The summed E-state index contributed by atoms with van der Waals surface area (Å²) >= 11 is 0. The summed E-state index contributed by atoms with van der Waals surface area (Å²) < 4.78 is 10.1. The zero-order chi connectivity index (χ0) is 19.3. The molecule has 1 unspecified atom stereocenters. The molecule has 2 aromatic rings. The van der Waals surface area contributed by atoms with Crippen molar-refractivity contribution < 1.29 is 34.4 Å². The van der Waals surface area contributed by atoms with Gasteiger partial charge in [0, 0.05) is 37.1 Å². The van der Waals surface area contributed by atoms with Crippen LogP contribution in [-0.2, 0) is 9.59 Å². The average molecular weight is 358 g/mol. The Labute approximate surface area is 149 Å². The first-order chi connectivity index (χ1) is 12.3. The number of phenolic OH excluding ortho intramolecular Hbond substituents is 2. The SMILES string of the molecule is CC(=O)Oc1ccc(C=CC(O)c2ccc(O)cc2O)c(OC(C)=O)c1. The number of benzene rings is 2. The summed E-state index contributed by atoms with van der Waals surface area (Å²) in [5.74, 6) is -1.10. The molecule has 7 heteroatoms. The van der Waals surface area contributed by atoms with E-state index in [2.05, 4.69) is 0 Å². The van der Waals surface area contributed by atoms with Crippen LogP contribution < -0.4 is 9.47 Å². The molecule has 2 rings (SSSR count). The predicted octanol–water partition coefficient (Wildman–Crippen LogP) is 2.70. The normalized spacial score (nSPS) is 12.0. The lowest BCUT2D eigenvalue weighted by molar-refractivity contribution is -0.132. The molecule has 1 atom stereocenters. The fourth-order valence-electron chi connectivity index (χ4n) is 2.21. The third-order valence-electron chi connectivity index (χ3n) is 3.29. The highest BCUT2D eigenvalue weighted by atomic mass is 16.5. The quantitative estimate of drug-likeness (QED) is 0.556. The molecule has 136 valence electrons. The Morgan fingerprint density at radius 1 is 1.00 bits per heavy atom. The van der Waals surface area contributed by atoms with Crippen LogP contribution in [0.15, 0.2) is 42.5 Å². The van der Waals surface area contributed by atoms with Gasteiger partial charge in [0.1, 0.15) is 29.1 Å². The second kappa shape index (κ2) is 8.17. The van der Waals surface area contributed by atoms with Crippen LogP contribution in [-0.4, -0.2) is 27.3 Å². The van der Waals surface area contributed by atoms with Crippen molar-refractivity contribution >= 4 is 18.0 Å². The summed E-state index contributed by atoms with van der Waals surface area (Å²) in [4.78, 5) is 22.3. The molecule has 0 aliphatic carbocycles. The standard InChI is InChI=1S/C19H18O7/c1-11(20)25-15-6-3-13(19(10-15)26-12(2)21)4-8-17(23)16-7-5-14(22)9-18(16)24/h3-10,17,22-24H,1-2H3. The van der Waals surface area contributed by atoms with Crippen molar-refractivity contribution in [2.75, 3.05) is 0 Å². The van der Waals surface area contributed by atoms with Gasteiger partial charge in [-0.2, -0.15) is 0 Å². The fourth-order valence-corrected chi connectivity index (χ4v) is 2.21. The fraction of sp³-hybridized carbons (Fsp3) is 0.158. The molecule has 0 fully saturated rings. The van der Waals surface area contributed by atoms with E-state index in [4.69, 9.17) is 9.47 Å². The number of carbonyl (C=O) groups is 2. The largest absolute Gasteiger partial charge is 0.508 e. The molecule has 0 spiro atoms. The number of aliphatic hydroxyl groups excluding tert-OH is 1. The molecule has 26 heavy (non-hydrogen) atoms. The van der Waals surface area contributed by atoms with E-state index in [9.17, 15) is 24.9 Å². The van der Waals surface area contributed by atoms with Gasteiger partial charge in [0.25, 0.3) is 0 Å². The van der Waals surface area contributed by atoms with Crippen molar-refractivity contribution in [3.8, 4) is 23.0 Å². The van der Waals surface area contributed by atoms with Gasteiger partial charge in [0.15, 0.2) is 0 Å². The first-order valence-corrected chi connectivity index (χ1v) is 7.65. The number of phenols is 2. The van der Waals surface area contributed by atoms with Gasteiger partial charge in [-0.1, -0.05) is 12.2 Å². The number of aromatic hydroxyl groups is 2. The smallest absolute Gasteiger partial charge is 0.308 e. The van der Waals surface area contributed by atoms with Crippen LogP contribution in [0.2, 0.25) is 0 Å². The molecule has 0 aliphatic rings. The van der Waals surface area contributed by atoms with Gasteiger partial charge in [-0.05, 0) is 24.3 Å². The maximum atomic E-state index is 11.3. The van der Waals surface area contributed by atoms with Gasteiger partial charge in [-0.25, -0.2) is 0 Å². The van der Waals surface area contributed by atoms with Gasteiger partial charge in [0.05, 0.1) is 0 Å². The number of aliphatic hydroxyl groups is 1. The minimum Gasteiger partial charge on any atom is -0.508 e. The van der Waals surface area contributed by atoms with Gasteiger partial charge >= 0.3 is 11.9 Å². The first kappa shape index (κ1) is 19.0. The van der Waals surface area contributed by atoms with Crippen molar-refractivity contribution in [1.29, 1.82) is 0 Å². The van der Waals surface area contributed by atoms with E-state index in [0.717, 1.165) is 6.07 Å². The van der Waals surface area contributed by atoms with Crippen LogP contribution >= 0.6 is 0 Å². The highest BCUT2D eigenvalue weighted by Gasteiger charge is 2.12. The molecule has 0 heterocycles. The van der Waals surface area contributed by atoms with Crippen molar-refractivity contribution in [3.63, 3.8) is 0 Å². The summed E-state index contributed by atoms with van der Waals surface area (Å²) in [5, 5.41) is 29.3. The molecule has 7 nitrogen and oxygen atoms in total. The van der Waals surface area contributed by atoms with Crippen LogP contribution in [0.4, 0.5) is 0 Å². The van der Waals surface area contributed by atoms with Gasteiger partial charge in [-0.15, -0.1) is 0 Å². The van der Waals surface area contributed by atoms with Gasteiger partial charge < -0.3 is 24.8 Å². The third-order valence-corrected chi connectivity index (χ3v) is 3.29. The van der Waals surface area contributed by atoms with E-state index in [1.807, 2.05) is 0 Å². The molecule has 0 saturated heterocycles. The zero-order valence-electron chi connectivity index (χ0n) is 14.2. The van der Waals surface area contributed by atoms with E-state index in [0.29, 0.717) is 5.56 Å². The Kier molecular flexibility index (Phi) is 5.98. The van der Waals surface area contributed by atoms with Crippen LogP contribution in [0.25, 0.3) is 6.08 Å². The summed E-state index contributed by atoms with van der Waals surface area (Å²) in [6.45, 7) is 2.48. The summed E-state index contributed by atoms with van der Waals surface area (Å²) in [7, 11) is 0. The lowest BCUT2D eigenvalue weighted by Crippen LogP contribution is -2.05. The lowest BCUT2D eigenvalue weighted by Gasteiger charge is -2.11. The topological polar surface area (TPSA) is 113 Å². The Bertz CT molecular complexity index is 855. The predicted molar refractivity (Wildman–Crippen MR) is 92.8 cm³/mol. The highest BCUT2D eigenvalue weighted by Crippen LogP contribution is 2.31. The second-order valence-electron chi connectivity index (χ2n) is 5.43. The average Bonchev–Trinajstić information content (AvgIpc) is 2.52. The molecule has 3 N–H and O–H groups in total. The number of esters is 2. The first-order valence-electron chi connectivity index (χ1n) is 7.65.